The second-order valence-electron chi connectivity index (χ2n) is 4.98. The number of nitrogens with one attached hydrogen (secondary N) is 1. The fourth-order valence-electron chi connectivity index (χ4n) is 2.63. The molecule has 1 aliphatic heterocycles. The number of rotatable bonds is 3. The Morgan fingerprint density at radius 3 is 2.83 bits per heavy atom. The van der Waals surface area contributed by atoms with Crippen LogP contribution < -0.4 is 10.1 Å². The first-order chi connectivity index (χ1) is 11.1. The maximum Gasteiger partial charge on any atom is 0.338 e. The van der Waals surface area contributed by atoms with Crippen molar-refractivity contribution in [2.75, 3.05) is 19.5 Å². The third kappa shape index (κ3) is 2.59. The van der Waals surface area contributed by atoms with E-state index in [-0.39, 0.29) is 0 Å². The number of benzene rings is 1. The molecule has 0 saturated heterocycles. The van der Waals surface area contributed by atoms with Gasteiger partial charge in [0.1, 0.15) is 18.1 Å². The Bertz CT molecular complexity index is 800. The fourth-order valence-corrected chi connectivity index (χ4v) is 3.18. The van der Waals surface area contributed by atoms with E-state index in [4.69, 9.17) is 9.47 Å². The molecule has 0 aliphatic carbocycles. The van der Waals surface area contributed by atoms with Gasteiger partial charge < -0.3 is 14.8 Å². The van der Waals surface area contributed by atoms with Gasteiger partial charge in [0.05, 0.1) is 24.3 Å². The molecule has 1 aromatic carbocycles. The van der Waals surface area contributed by atoms with Crippen LogP contribution >= 0.6 is 15.9 Å². The van der Waals surface area contributed by atoms with Crippen LogP contribution in [0.2, 0.25) is 0 Å². The van der Waals surface area contributed by atoms with Gasteiger partial charge in [0.2, 0.25) is 5.95 Å². The van der Waals surface area contributed by atoms with Crippen LogP contribution in [0.25, 0.3) is 0 Å². The summed E-state index contributed by atoms with van der Waals surface area (Å²) < 4.78 is 12.7. The van der Waals surface area contributed by atoms with Crippen molar-refractivity contribution in [2.24, 2.45) is 0 Å². The van der Waals surface area contributed by atoms with Gasteiger partial charge in [-0.3, -0.25) is 0 Å². The Morgan fingerprint density at radius 1 is 1.39 bits per heavy atom. The predicted molar refractivity (Wildman–Crippen MR) is 87.2 cm³/mol. The average Bonchev–Trinajstić information content (AvgIpc) is 3.00. The van der Waals surface area contributed by atoms with Crippen molar-refractivity contribution in [3.05, 3.63) is 45.8 Å². The molecule has 2 aromatic rings. The van der Waals surface area contributed by atoms with Crippen LogP contribution in [0, 0.1) is 0 Å². The normalized spacial score (nSPS) is 16.6. The number of anilines is 1. The van der Waals surface area contributed by atoms with Crippen molar-refractivity contribution in [1.29, 1.82) is 0 Å². The number of carbonyl (C=O) groups excluding carboxylic acids is 1. The van der Waals surface area contributed by atoms with E-state index in [1.54, 1.807) is 11.8 Å². The number of nitrogens with zero attached hydrogens (tertiary/aromatic N) is 3. The van der Waals surface area contributed by atoms with Gasteiger partial charge in [0.15, 0.2) is 0 Å². The minimum atomic E-state index is -0.427. The fraction of sp³-hybridized carbons (Fsp3) is 0.267. The van der Waals surface area contributed by atoms with E-state index in [2.05, 4.69) is 31.3 Å². The molecule has 1 atom stereocenters. The summed E-state index contributed by atoms with van der Waals surface area (Å²) in [5.41, 5.74) is 2.04. The Balaban J connectivity index is 2.17. The first kappa shape index (κ1) is 15.5. The first-order valence-corrected chi connectivity index (χ1v) is 7.65. The lowest BCUT2D eigenvalue weighted by atomic mass is 9.96. The number of fused-ring (bicyclic) bond motifs is 1. The summed E-state index contributed by atoms with van der Waals surface area (Å²) in [7, 11) is 2.96. The number of hydrogen-bond donors (Lipinski definition) is 1. The van der Waals surface area contributed by atoms with Crippen molar-refractivity contribution < 1.29 is 14.3 Å². The maximum atomic E-state index is 12.3. The molecule has 2 heterocycles. The molecule has 0 spiro atoms. The van der Waals surface area contributed by atoms with E-state index < -0.39 is 12.0 Å². The summed E-state index contributed by atoms with van der Waals surface area (Å²) in [5.74, 6) is 0.877. The molecule has 8 heteroatoms. The zero-order chi connectivity index (χ0) is 16.6. The van der Waals surface area contributed by atoms with Gasteiger partial charge in [-0.25, -0.2) is 9.48 Å². The summed E-state index contributed by atoms with van der Waals surface area (Å²) in [6, 6.07) is 5.20. The van der Waals surface area contributed by atoms with Gasteiger partial charge in [0.25, 0.3) is 0 Å². The molecule has 3 rings (SSSR count). The summed E-state index contributed by atoms with van der Waals surface area (Å²) in [4.78, 5) is 16.5. The lowest BCUT2D eigenvalue weighted by molar-refractivity contribution is -0.136. The van der Waals surface area contributed by atoms with E-state index in [9.17, 15) is 4.79 Å². The van der Waals surface area contributed by atoms with Crippen molar-refractivity contribution in [1.82, 2.24) is 14.8 Å². The molecule has 23 heavy (non-hydrogen) atoms. The number of ether oxygens (including phenoxy) is 2. The minimum Gasteiger partial charge on any atom is -0.496 e. The molecular weight excluding hydrogens is 364 g/mol. The highest BCUT2D eigenvalue weighted by molar-refractivity contribution is 9.10. The average molecular weight is 379 g/mol. The van der Waals surface area contributed by atoms with Crippen LogP contribution in [0.5, 0.6) is 5.75 Å². The summed E-state index contributed by atoms with van der Waals surface area (Å²) in [6.07, 6.45) is 1.45. The second-order valence-corrected chi connectivity index (χ2v) is 5.83. The Kier molecular flexibility index (Phi) is 4.08. The zero-order valence-electron chi connectivity index (χ0n) is 12.8. The molecule has 1 aliphatic rings. The first-order valence-electron chi connectivity index (χ1n) is 6.86. The molecular formula is C15H15BrN4O3. The van der Waals surface area contributed by atoms with Gasteiger partial charge in [-0.15, -0.1) is 0 Å². The molecule has 0 unspecified atom stereocenters. The van der Waals surface area contributed by atoms with Gasteiger partial charge >= 0.3 is 5.97 Å². The van der Waals surface area contributed by atoms with E-state index in [1.807, 2.05) is 25.1 Å². The lowest BCUT2D eigenvalue weighted by Gasteiger charge is -2.28. The quantitative estimate of drug-likeness (QED) is 0.826. The second kappa shape index (κ2) is 6.04. The highest BCUT2D eigenvalue weighted by Crippen LogP contribution is 2.37. The number of halogens is 1. The van der Waals surface area contributed by atoms with E-state index >= 15 is 0 Å². The van der Waals surface area contributed by atoms with Crippen molar-refractivity contribution >= 4 is 27.8 Å². The molecule has 7 nitrogen and oxygen atoms in total. The van der Waals surface area contributed by atoms with E-state index in [0.29, 0.717) is 23.0 Å². The highest BCUT2D eigenvalue weighted by atomic mass is 79.9. The molecule has 0 fully saturated rings. The third-order valence-corrected chi connectivity index (χ3v) is 4.31. The topological polar surface area (TPSA) is 78.3 Å². The molecule has 0 amide bonds. The molecule has 1 N–H and O–H groups in total. The van der Waals surface area contributed by atoms with Gasteiger partial charge in [-0.05, 0) is 40.5 Å². The highest BCUT2D eigenvalue weighted by Gasteiger charge is 2.34. The van der Waals surface area contributed by atoms with Crippen molar-refractivity contribution in [2.45, 2.75) is 13.0 Å². The van der Waals surface area contributed by atoms with E-state index in [0.717, 1.165) is 10.0 Å². The molecule has 0 saturated carbocycles. The monoisotopic (exact) mass is 378 g/mol. The standard InChI is InChI=1S/C15H15BrN4O3/c1-8-12(14(21)23-3)13(20-15(19-8)17-7-18-20)9-4-5-11(22-2)10(16)6-9/h4-7,13H,1-3H3,(H,17,18,19)/t13-/m0/s1. The molecule has 0 radical (unpaired) electrons. The van der Waals surface area contributed by atoms with Crippen LogP contribution in [0.15, 0.2) is 40.3 Å². The van der Waals surface area contributed by atoms with Crippen LogP contribution in [0.1, 0.15) is 18.5 Å². The lowest BCUT2D eigenvalue weighted by Crippen LogP contribution is -2.29. The minimum absolute atomic E-state index is 0.409. The molecule has 120 valence electrons. The number of carbonyl (C=O) groups is 1. The zero-order valence-corrected chi connectivity index (χ0v) is 14.4. The number of aromatic nitrogens is 3. The van der Waals surface area contributed by atoms with E-state index in [1.165, 1.54) is 13.4 Å². The Morgan fingerprint density at radius 2 is 2.17 bits per heavy atom. The number of allylic oxidation sites excluding steroid dienone is 1. The summed E-state index contributed by atoms with van der Waals surface area (Å²) in [6.45, 7) is 1.82. The van der Waals surface area contributed by atoms with Gasteiger partial charge in [0, 0.05) is 5.70 Å². The summed E-state index contributed by atoms with van der Waals surface area (Å²) in [5, 5.41) is 7.32. The number of esters is 1. The SMILES string of the molecule is COC(=O)C1=C(C)Nc2ncnn2[C@H]1c1ccc(OC)c(Br)c1. The van der Waals surface area contributed by atoms with Gasteiger partial charge in [-0.1, -0.05) is 6.07 Å². The molecule has 1 aromatic heterocycles. The molecule has 0 bridgehead atoms. The number of methoxy groups -OCH3 is 2. The van der Waals surface area contributed by atoms with Crippen molar-refractivity contribution in [3.8, 4) is 5.75 Å². The van der Waals surface area contributed by atoms with Crippen LogP contribution in [-0.2, 0) is 9.53 Å². The maximum absolute atomic E-state index is 12.3. The summed E-state index contributed by atoms with van der Waals surface area (Å²) >= 11 is 3.48. The Labute approximate surface area is 141 Å². The van der Waals surface area contributed by atoms with Crippen LogP contribution in [-0.4, -0.2) is 35.0 Å². The predicted octanol–water partition coefficient (Wildman–Crippen LogP) is 2.51. The van der Waals surface area contributed by atoms with Gasteiger partial charge in [-0.2, -0.15) is 10.1 Å². The number of hydrogen-bond acceptors (Lipinski definition) is 6. The third-order valence-electron chi connectivity index (χ3n) is 3.69. The van der Waals surface area contributed by atoms with Crippen molar-refractivity contribution in [3.63, 3.8) is 0 Å². The Hall–Kier alpha value is -2.35. The largest absolute Gasteiger partial charge is 0.496 e. The smallest absolute Gasteiger partial charge is 0.338 e. The van der Waals surface area contributed by atoms with Crippen LogP contribution in [0.3, 0.4) is 0 Å². The van der Waals surface area contributed by atoms with Crippen LogP contribution in [0.4, 0.5) is 5.95 Å².